The highest BCUT2D eigenvalue weighted by Gasteiger charge is 2.15. The van der Waals surface area contributed by atoms with Gasteiger partial charge in [0.1, 0.15) is 0 Å². The van der Waals surface area contributed by atoms with Crippen LogP contribution in [0.25, 0.3) is 0 Å². The average Bonchev–Trinajstić information content (AvgIpc) is 2.75. The van der Waals surface area contributed by atoms with Crippen LogP contribution in [0, 0.1) is 0 Å². The highest BCUT2D eigenvalue weighted by molar-refractivity contribution is 9.10. The van der Waals surface area contributed by atoms with Crippen LogP contribution in [0.3, 0.4) is 0 Å². The molecule has 1 aliphatic heterocycles. The Balaban J connectivity index is 1.84. The minimum atomic E-state index is 0.267. The lowest BCUT2D eigenvalue weighted by atomic mass is 10.2. The Labute approximate surface area is 104 Å². The third-order valence-electron chi connectivity index (χ3n) is 2.73. The summed E-state index contributed by atoms with van der Waals surface area (Å²) in [5, 5.41) is 0. The number of benzene rings is 1. The quantitative estimate of drug-likeness (QED) is 0.866. The molecule has 1 aliphatic rings. The molecule has 0 spiro atoms. The van der Waals surface area contributed by atoms with Gasteiger partial charge in [-0.15, -0.1) is 0 Å². The predicted octanol–water partition coefficient (Wildman–Crippen LogP) is 2.73. The Hall–Kier alpha value is -0.580. The lowest BCUT2D eigenvalue weighted by Crippen LogP contribution is -2.14. The molecule has 1 aromatic rings. The van der Waals surface area contributed by atoms with E-state index in [2.05, 4.69) is 15.9 Å². The topological polar surface area (TPSA) is 44.5 Å². The minimum absolute atomic E-state index is 0.267. The molecule has 0 bridgehead atoms. The highest BCUT2D eigenvalue weighted by atomic mass is 79.9. The molecule has 2 rings (SSSR count). The molecular formula is C12H16BrNO2. The van der Waals surface area contributed by atoms with Gasteiger partial charge in [0, 0.05) is 22.3 Å². The normalized spacial score (nSPS) is 20.2. The van der Waals surface area contributed by atoms with E-state index in [1.807, 2.05) is 18.2 Å². The van der Waals surface area contributed by atoms with Crippen LogP contribution in [0.5, 0.6) is 0 Å². The van der Waals surface area contributed by atoms with Gasteiger partial charge in [-0.1, -0.05) is 22.0 Å². The molecule has 1 saturated heterocycles. The maximum Gasteiger partial charge on any atom is 0.0809 e. The number of hydrogen-bond acceptors (Lipinski definition) is 3. The summed E-state index contributed by atoms with van der Waals surface area (Å²) in [5.41, 5.74) is 7.65. The van der Waals surface area contributed by atoms with Gasteiger partial charge < -0.3 is 15.2 Å². The van der Waals surface area contributed by atoms with Gasteiger partial charge >= 0.3 is 0 Å². The van der Waals surface area contributed by atoms with Crippen LogP contribution in [-0.2, 0) is 16.1 Å². The third kappa shape index (κ3) is 2.97. The molecule has 1 unspecified atom stereocenters. The average molecular weight is 286 g/mol. The number of anilines is 1. The number of hydrogen-bond donors (Lipinski definition) is 1. The molecule has 1 atom stereocenters. The standard InChI is InChI=1S/C12H16BrNO2/c13-11-4-1-5-12(14)10(11)8-15-7-9-3-2-6-16-9/h1,4-5,9H,2-3,6-8,14H2. The van der Waals surface area contributed by atoms with Crippen LogP contribution < -0.4 is 5.73 Å². The van der Waals surface area contributed by atoms with Gasteiger partial charge in [0.25, 0.3) is 0 Å². The lowest BCUT2D eigenvalue weighted by molar-refractivity contribution is 0.0106. The second kappa shape index (κ2) is 5.66. The summed E-state index contributed by atoms with van der Waals surface area (Å²) in [4.78, 5) is 0. The first-order chi connectivity index (χ1) is 7.77. The maximum absolute atomic E-state index is 5.87. The Morgan fingerprint density at radius 3 is 3.06 bits per heavy atom. The Bertz CT molecular complexity index is 331. The molecule has 1 heterocycles. The molecule has 16 heavy (non-hydrogen) atoms. The van der Waals surface area contributed by atoms with E-state index in [0.29, 0.717) is 13.2 Å². The van der Waals surface area contributed by atoms with E-state index in [9.17, 15) is 0 Å². The summed E-state index contributed by atoms with van der Waals surface area (Å²) in [6, 6.07) is 5.78. The minimum Gasteiger partial charge on any atom is -0.398 e. The first-order valence-electron chi connectivity index (χ1n) is 5.49. The Morgan fingerprint density at radius 2 is 2.38 bits per heavy atom. The van der Waals surface area contributed by atoms with Crippen molar-refractivity contribution < 1.29 is 9.47 Å². The van der Waals surface area contributed by atoms with E-state index in [1.54, 1.807) is 0 Å². The second-order valence-electron chi connectivity index (χ2n) is 3.96. The molecule has 0 saturated carbocycles. The zero-order chi connectivity index (χ0) is 11.4. The van der Waals surface area contributed by atoms with Gasteiger partial charge in [-0.05, 0) is 25.0 Å². The van der Waals surface area contributed by atoms with Crippen molar-refractivity contribution in [3.05, 3.63) is 28.2 Å². The van der Waals surface area contributed by atoms with Crippen molar-refractivity contribution in [2.75, 3.05) is 18.9 Å². The summed E-state index contributed by atoms with van der Waals surface area (Å²) >= 11 is 3.47. The van der Waals surface area contributed by atoms with Gasteiger partial charge in [0.2, 0.25) is 0 Å². The van der Waals surface area contributed by atoms with Crippen molar-refractivity contribution in [2.24, 2.45) is 0 Å². The van der Waals surface area contributed by atoms with Crippen molar-refractivity contribution in [2.45, 2.75) is 25.6 Å². The Kier molecular flexibility index (Phi) is 4.21. The Morgan fingerprint density at radius 1 is 1.50 bits per heavy atom. The zero-order valence-corrected chi connectivity index (χ0v) is 10.7. The first-order valence-corrected chi connectivity index (χ1v) is 6.29. The van der Waals surface area contributed by atoms with Crippen LogP contribution in [0.4, 0.5) is 5.69 Å². The summed E-state index contributed by atoms with van der Waals surface area (Å²) < 4.78 is 12.1. The monoisotopic (exact) mass is 285 g/mol. The molecule has 1 fully saturated rings. The van der Waals surface area contributed by atoms with Crippen LogP contribution in [0.15, 0.2) is 22.7 Å². The van der Waals surface area contributed by atoms with Gasteiger partial charge in [-0.3, -0.25) is 0 Å². The summed E-state index contributed by atoms with van der Waals surface area (Å²) in [7, 11) is 0. The van der Waals surface area contributed by atoms with Crippen LogP contribution in [0.2, 0.25) is 0 Å². The molecule has 1 aromatic carbocycles. The van der Waals surface area contributed by atoms with Crippen LogP contribution in [0.1, 0.15) is 18.4 Å². The van der Waals surface area contributed by atoms with Gasteiger partial charge in [-0.25, -0.2) is 0 Å². The number of nitrogens with two attached hydrogens (primary N) is 1. The predicted molar refractivity (Wildman–Crippen MR) is 67.2 cm³/mol. The van der Waals surface area contributed by atoms with E-state index in [0.717, 1.165) is 35.2 Å². The van der Waals surface area contributed by atoms with Crippen LogP contribution in [-0.4, -0.2) is 19.3 Å². The molecule has 88 valence electrons. The molecule has 4 heteroatoms. The summed E-state index contributed by atoms with van der Waals surface area (Å²) in [6.45, 7) is 2.05. The molecule has 2 N–H and O–H groups in total. The molecule has 0 amide bonds. The van der Waals surface area contributed by atoms with Crippen molar-refractivity contribution in [1.29, 1.82) is 0 Å². The number of ether oxygens (including phenoxy) is 2. The fraction of sp³-hybridized carbons (Fsp3) is 0.500. The second-order valence-corrected chi connectivity index (χ2v) is 4.81. The SMILES string of the molecule is Nc1cccc(Br)c1COCC1CCCO1. The maximum atomic E-state index is 5.87. The van der Waals surface area contributed by atoms with Crippen molar-refractivity contribution in [3.8, 4) is 0 Å². The van der Waals surface area contributed by atoms with E-state index < -0.39 is 0 Å². The van der Waals surface area contributed by atoms with Crippen molar-refractivity contribution in [1.82, 2.24) is 0 Å². The third-order valence-corrected chi connectivity index (χ3v) is 3.47. The lowest BCUT2D eigenvalue weighted by Gasteiger charge is -2.12. The highest BCUT2D eigenvalue weighted by Crippen LogP contribution is 2.23. The van der Waals surface area contributed by atoms with Crippen molar-refractivity contribution in [3.63, 3.8) is 0 Å². The van der Waals surface area contributed by atoms with E-state index >= 15 is 0 Å². The molecule has 0 aliphatic carbocycles. The van der Waals surface area contributed by atoms with E-state index in [4.69, 9.17) is 15.2 Å². The smallest absolute Gasteiger partial charge is 0.0809 e. The summed E-state index contributed by atoms with van der Waals surface area (Å²) in [5.74, 6) is 0. The fourth-order valence-corrected chi connectivity index (χ4v) is 2.29. The number of halogens is 1. The zero-order valence-electron chi connectivity index (χ0n) is 9.12. The summed E-state index contributed by atoms with van der Waals surface area (Å²) in [6.07, 6.45) is 2.51. The molecule has 0 radical (unpaired) electrons. The molecule has 0 aromatic heterocycles. The first kappa shape index (κ1) is 11.9. The van der Waals surface area contributed by atoms with Gasteiger partial charge in [0.15, 0.2) is 0 Å². The largest absolute Gasteiger partial charge is 0.398 e. The van der Waals surface area contributed by atoms with E-state index in [-0.39, 0.29) is 6.10 Å². The number of nitrogen functional groups attached to an aromatic ring is 1. The van der Waals surface area contributed by atoms with Gasteiger partial charge in [0.05, 0.1) is 19.3 Å². The van der Waals surface area contributed by atoms with Gasteiger partial charge in [-0.2, -0.15) is 0 Å². The molecular weight excluding hydrogens is 270 g/mol. The fourth-order valence-electron chi connectivity index (χ4n) is 1.80. The number of rotatable bonds is 4. The molecule has 3 nitrogen and oxygen atoms in total. The van der Waals surface area contributed by atoms with Crippen LogP contribution >= 0.6 is 15.9 Å². The van der Waals surface area contributed by atoms with Crippen molar-refractivity contribution >= 4 is 21.6 Å². The van der Waals surface area contributed by atoms with E-state index in [1.165, 1.54) is 0 Å².